The van der Waals surface area contributed by atoms with Crippen LogP contribution in [-0.4, -0.2) is 23.5 Å². The average molecular weight is 236 g/mol. The van der Waals surface area contributed by atoms with Crippen LogP contribution in [0.25, 0.3) is 0 Å². The molecule has 17 heavy (non-hydrogen) atoms. The number of aliphatic carboxylic acids is 1. The third kappa shape index (κ3) is 3.59. The highest BCUT2D eigenvalue weighted by Gasteiger charge is 2.22. The van der Waals surface area contributed by atoms with Gasteiger partial charge < -0.3 is 9.84 Å². The van der Waals surface area contributed by atoms with E-state index >= 15 is 0 Å². The third-order valence-corrected chi connectivity index (χ3v) is 2.36. The van der Waals surface area contributed by atoms with Gasteiger partial charge in [0.1, 0.15) is 11.7 Å². The summed E-state index contributed by atoms with van der Waals surface area (Å²) in [6.45, 7) is 3.94. The van der Waals surface area contributed by atoms with Crippen LogP contribution in [0.3, 0.4) is 0 Å². The van der Waals surface area contributed by atoms with Gasteiger partial charge in [0.2, 0.25) is 0 Å². The SMILES string of the molecule is CCCOc1cccc(C(=O)C(C)C(=O)O)c1. The normalized spacial score (nSPS) is 11.9. The molecule has 1 atom stereocenters. The van der Waals surface area contributed by atoms with Gasteiger partial charge in [-0.3, -0.25) is 9.59 Å². The molecule has 0 aliphatic heterocycles. The molecule has 0 heterocycles. The monoisotopic (exact) mass is 236 g/mol. The number of ether oxygens (including phenoxy) is 1. The number of rotatable bonds is 6. The van der Waals surface area contributed by atoms with Crippen molar-refractivity contribution in [2.24, 2.45) is 5.92 Å². The van der Waals surface area contributed by atoms with Crippen LogP contribution in [0, 0.1) is 5.92 Å². The minimum Gasteiger partial charge on any atom is -0.494 e. The standard InChI is InChI=1S/C13H16O4/c1-3-7-17-11-6-4-5-10(8-11)12(14)9(2)13(15)16/h4-6,8-9H,3,7H2,1-2H3,(H,15,16). The molecule has 0 aliphatic rings. The number of carbonyl (C=O) groups is 2. The van der Waals surface area contributed by atoms with Crippen LogP contribution in [-0.2, 0) is 4.79 Å². The van der Waals surface area contributed by atoms with Crippen molar-refractivity contribution < 1.29 is 19.4 Å². The topological polar surface area (TPSA) is 63.6 Å². The van der Waals surface area contributed by atoms with E-state index in [0.29, 0.717) is 17.9 Å². The molecule has 92 valence electrons. The third-order valence-electron chi connectivity index (χ3n) is 2.36. The van der Waals surface area contributed by atoms with Crippen LogP contribution >= 0.6 is 0 Å². The Balaban J connectivity index is 2.84. The zero-order valence-corrected chi connectivity index (χ0v) is 9.97. The molecule has 0 aromatic heterocycles. The van der Waals surface area contributed by atoms with E-state index in [9.17, 15) is 9.59 Å². The fourth-order valence-corrected chi connectivity index (χ4v) is 1.32. The minimum atomic E-state index is -1.12. The van der Waals surface area contributed by atoms with E-state index in [1.165, 1.54) is 6.92 Å². The van der Waals surface area contributed by atoms with Gasteiger partial charge in [-0.25, -0.2) is 0 Å². The lowest BCUT2D eigenvalue weighted by atomic mass is 9.99. The maximum atomic E-state index is 11.8. The molecule has 1 aromatic rings. The summed E-state index contributed by atoms with van der Waals surface area (Å²) in [4.78, 5) is 22.5. The van der Waals surface area contributed by atoms with Crippen molar-refractivity contribution >= 4 is 11.8 Å². The molecule has 0 saturated heterocycles. The van der Waals surface area contributed by atoms with E-state index in [1.54, 1.807) is 24.3 Å². The van der Waals surface area contributed by atoms with E-state index < -0.39 is 17.7 Å². The predicted octanol–water partition coefficient (Wildman–Crippen LogP) is 2.38. The molecule has 0 spiro atoms. The summed E-state index contributed by atoms with van der Waals surface area (Å²) in [5.74, 6) is -1.96. The Bertz CT molecular complexity index is 412. The quantitative estimate of drug-likeness (QED) is 0.608. The number of hydrogen-bond donors (Lipinski definition) is 1. The molecule has 1 unspecified atom stereocenters. The Kier molecular flexibility index (Phi) is 4.69. The van der Waals surface area contributed by atoms with E-state index in [-0.39, 0.29) is 0 Å². The predicted molar refractivity (Wildman–Crippen MR) is 63.4 cm³/mol. The number of Topliss-reactive ketones (excluding diaryl/α,β-unsaturated/α-hetero) is 1. The summed E-state index contributed by atoms with van der Waals surface area (Å²) in [6, 6.07) is 6.61. The van der Waals surface area contributed by atoms with Crippen molar-refractivity contribution in [2.75, 3.05) is 6.61 Å². The van der Waals surface area contributed by atoms with Crippen LogP contribution in [0.15, 0.2) is 24.3 Å². The smallest absolute Gasteiger partial charge is 0.314 e. The summed E-state index contributed by atoms with van der Waals surface area (Å²) in [6.07, 6.45) is 0.879. The van der Waals surface area contributed by atoms with Crippen LogP contribution in [0.4, 0.5) is 0 Å². The van der Waals surface area contributed by atoms with Crippen LogP contribution in [0.1, 0.15) is 30.6 Å². The van der Waals surface area contributed by atoms with Gasteiger partial charge >= 0.3 is 5.97 Å². The first-order valence-electron chi connectivity index (χ1n) is 5.56. The van der Waals surface area contributed by atoms with Crippen LogP contribution in [0.5, 0.6) is 5.75 Å². The van der Waals surface area contributed by atoms with Gasteiger partial charge in [-0.15, -0.1) is 0 Å². The molecule has 1 aromatic carbocycles. The van der Waals surface area contributed by atoms with E-state index in [1.807, 2.05) is 6.92 Å². The van der Waals surface area contributed by atoms with Crippen LogP contribution < -0.4 is 4.74 Å². The first-order chi connectivity index (χ1) is 8.06. The minimum absolute atomic E-state index is 0.369. The molecular formula is C13H16O4. The van der Waals surface area contributed by atoms with Gasteiger partial charge in [-0.2, -0.15) is 0 Å². The largest absolute Gasteiger partial charge is 0.494 e. The number of carbonyl (C=O) groups excluding carboxylic acids is 1. The Morgan fingerprint density at radius 3 is 2.71 bits per heavy atom. The van der Waals surface area contributed by atoms with Gasteiger partial charge in [-0.05, 0) is 25.5 Å². The first-order valence-corrected chi connectivity index (χ1v) is 5.56. The van der Waals surface area contributed by atoms with E-state index in [0.717, 1.165) is 6.42 Å². The fraction of sp³-hybridized carbons (Fsp3) is 0.385. The summed E-state index contributed by atoms with van der Waals surface area (Å²) >= 11 is 0. The summed E-state index contributed by atoms with van der Waals surface area (Å²) in [7, 11) is 0. The molecule has 0 radical (unpaired) electrons. The molecule has 1 rings (SSSR count). The fourth-order valence-electron chi connectivity index (χ4n) is 1.32. The second kappa shape index (κ2) is 6.03. The van der Waals surface area contributed by atoms with E-state index in [2.05, 4.69) is 0 Å². The Labute approximate surface area is 100 Å². The molecule has 0 aliphatic carbocycles. The van der Waals surface area contributed by atoms with E-state index in [4.69, 9.17) is 9.84 Å². The second-order valence-electron chi connectivity index (χ2n) is 3.80. The molecule has 0 fully saturated rings. The first kappa shape index (κ1) is 13.2. The molecule has 0 saturated carbocycles. The number of benzene rings is 1. The lowest BCUT2D eigenvalue weighted by Gasteiger charge is -2.08. The summed E-state index contributed by atoms with van der Waals surface area (Å²) < 4.78 is 5.39. The zero-order valence-electron chi connectivity index (χ0n) is 9.97. The Hall–Kier alpha value is -1.84. The maximum absolute atomic E-state index is 11.8. The summed E-state index contributed by atoms with van der Waals surface area (Å²) in [5, 5.41) is 8.77. The van der Waals surface area contributed by atoms with Crippen molar-refractivity contribution in [3.63, 3.8) is 0 Å². The number of ketones is 1. The lowest BCUT2D eigenvalue weighted by Crippen LogP contribution is -2.20. The molecule has 4 nitrogen and oxygen atoms in total. The number of hydrogen-bond acceptors (Lipinski definition) is 3. The summed E-state index contributed by atoms with van der Waals surface area (Å²) in [5.41, 5.74) is 0.369. The van der Waals surface area contributed by atoms with Crippen molar-refractivity contribution in [2.45, 2.75) is 20.3 Å². The number of carboxylic acids is 1. The van der Waals surface area contributed by atoms with Crippen LogP contribution in [0.2, 0.25) is 0 Å². The van der Waals surface area contributed by atoms with Crippen molar-refractivity contribution in [1.82, 2.24) is 0 Å². The highest BCUT2D eigenvalue weighted by Crippen LogP contribution is 2.16. The van der Waals surface area contributed by atoms with Gasteiger partial charge in [-0.1, -0.05) is 19.1 Å². The lowest BCUT2D eigenvalue weighted by molar-refractivity contribution is -0.139. The van der Waals surface area contributed by atoms with Crippen molar-refractivity contribution in [3.8, 4) is 5.75 Å². The second-order valence-corrected chi connectivity index (χ2v) is 3.80. The van der Waals surface area contributed by atoms with Crippen molar-refractivity contribution in [1.29, 1.82) is 0 Å². The molecule has 0 bridgehead atoms. The Morgan fingerprint density at radius 1 is 1.41 bits per heavy atom. The maximum Gasteiger partial charge on any atom is 0.314 e. The molecular weight excluding hydrogens is 220 g/mol. The number of carboxylic acid groups (broad SMARTS) is 1. The molecule has 0 amide bonds. The highest BCUT2D eigenvalue weighted by molar-refractivity contribution is 6.07. The van der Waals surface area contributed by atoms with Crippen molar-refractivity contribution in [3.05, 3.63) is 29.8 Å². The highest BCUT2D eigenvalue weighted by atomic mass is 16.5. The van der Waals surface area contributed by atoms with Gasteiger partial charge in [0.15, 0.2) is 5.78 Å². The van der Waals surface area contributed by atoms with Gasteiger partial charge in [0.25, 0.3) is 0 Å². The Morgan fingerprint density at radius 2 is 2.12 bits per heavy atom. The van der Waals surface area contributed by atoms with Gasteiger partial charge in [0, 0.05) is 5.56 Å². The zero-order chi connectivity index (χ0) is 12.8. The van der Waals surface area contributed by atoms with Gasteiger partial charge in [0.05, 0.1) is 6.61 Å². The average Bonchev–Trinajstić information content (AvgIpc) is 2.34. The molecule has 4 heteroatoms. The molecule has 1 N–H and O–H groups in total.